The average Bonchev–Trinajstić information content (AvgIpc) is 3.37. The predicted molar refractivity (Wildman–Crippen MR) is 110 cm³/mol. The summed E-state index contributed by atoms with van der Waals surface area (Å²) in [6, 6.07) is 21.3. The summed E-state index contributed by atoms with van der Waals surface area (Å²) in [6.07, 6.45) is 1.66. The molecule has 0 aliphatic rings. The van der Waals surface area contributed by atoms with E-state index < -0.39 is 0 Å². The van der Waals surface area contributed by atoms with Crippen molar-refractivity contribution in [3.05, 3.63) is 95.2 Å². The van der Waals surface area contributed by atoms with E-state index in [1.165, 1.54) is 0 Å². The molecule has 2 aromatic carbocycles. The molecule has 4 rings (SSSR count). The molecule has 28 heavy (non-hydrogen) atoms. The molecule has 0 aliphatic heterocycles. The van der Waals surface area contributed by atoms with Gasteiger partial charge in [0.05, 0.1) is 12.8 Å². The van der Waals surface area contributed by atoms with Crippen molar-refractivity contribution in [3.8, 4) is 5.75 Å². The Bertz CT molecular complexity index is 1020. The normalized spacial score (nSPS) is 10.9. The van der Waals surface area contributed by atoms with Gasteiger partial charge in [-0.25, -0.2) is 0 Å². The fourth-order valence-corrected chi connectivity index (χ4v) is 3.91. The predicted octanol–water partition coefficient (Wildman–Crippen LogP) is 5.44. The first-order chi connectivity index (χ1) is 13.8. The van der Waals surface area contributed by atoms with Crippen LogP contribution in [0, 0.1) is 0 Å². The summed E-state index contributed by atoms with van der Waals surface area (Å²) < 4.78 is 13.4. The molecule has 4 aromatic rings. The van der Waals surface area contributed by atoms with E-state index in [9.17, 15) is 0 Å². The lowest BCUT2D eigenvalue weighted by Crippen LogP contribution is -2.09. The van der Waals surface area contributed by atoms with Gasteiger partial charge in [-0.1, -0.05) is 59.8 Å². The molecule has 0 saturated heterocycles. The van der Waals surface area contributed by atoms with Crippen LogP contribution in [0.15, 0.2) is 82.6 Å². The third kappa shape index (κ3) is 4.58. The van der Waals surface area contributed by atoms with Crippen LogP contribution in [-0.2, 0) is 18.9 Å². The minimum atomic E-state index is 0.324. The third-order valence-electron chi connectivity index (χ3n) is 4.11. The minimum Gasteiger partial charge on any atom is -0.486 e. The van der Waals surface area contributed by atoms with Gasteiger partial charge in [-0.05, 0) is 35.9 Å². The largest absolute Gasteiger partial charge is 0.486 e. The smallest absolute Gasteiger partial charge is 0.192 e. The summed E-state index contributed by atoms with van der Waals surface area (Å²) in [4.78, 5) is 0. The maximum Gasteiger partial charge on any atom is 0.192 e. The van der Waals surface area contributed by atoms with Crippen molar-refractivity contribution >= 4 is 23.4 Å². The van der Waals surface area contributed by atoms with Gasteiger partial charge in [0.25, 0.3) is 0 Å². The Labute approximate surface area is 172 Å². The number of halogens is 1. The number of nitrogens with zero attached hydrogens (tertiary/aromatic N) is 3. The average molecular weight is 412 g/mol. The molecule has 0 spiro atoms. The van der Waals surface area contributed by atoms with Crippen LogP contribution in [0.25, 0.3) is 0 Å². The minimum absolute atomic E-state index is 0.324. The summed E-state index contributed by atoms with van der Waals surface area (Å²) in [7, 11) is 0. The maximum absolute atomic E-state index is 6.28. The zero-order valence-electron chi connectivity index (χ0n) is 15.0. The highest BCUT2D eigenvalue weighted by atomic mass is 35.5. The zero-order valence-corrected chi connectivity index (χ0v) is 16.6. The third-order valence-corrected chi connectivity index (χ3v) is 5.50. The van der Waals surface area contributed by atoms with Gasteiger partial charge in [0.1, 0.15) is 18.1 Å². The topological polar surface area (TPSA) is 53.1 Å². The first kappa shape index (κ1) is 18.7. The van der Waals surface area contributed by atoms with Gasteiger partial charge < -0.3 is 9.15 Å². The van der Waals surface area contributed by atoms with Crippen molar-refractivity contribution in [2.45, 2.75) is 24.1 Å². The van der Waals surface area contributed by atoms with Gasteiger partial charge in [-0.2, -0.15) is 0 Å². The zero-order chi connectivity index (χ0) is 19.2. The first-order valence-electron chi connectivity index (χ1n) is 8.78. The second-order valence-electron chi connectivity index (χ2n) is 6.05. The second-order valence-corrected chi connectivity index (χ2v) is 7.40. The quantitative estimate of drug-likeness (QED) is 0.361. The Balaban J connectivity index is 1.53. The molecule has 0 fully saturated rings. The van der Waals surface area contributed by atoms with Crippen LogP contribution in [0.1, 0.15) is 17.1 Å². The molecular weight excluding hydrogens is 394 g/mol. The lowest BCUT2D eigenvalue weighted by molar-refractivity contribution is 0.287. The van der Waals surface area contributed by atoms with Crippen molar-refractivity contribution in [1.82, 2.24) is 14.8 Å². The lowest BCUT2D eigenvalue weighted by atomic mass is 10.2. The number of furan rings is 1. The van der Waals surface area contributed by atoms with Crippen LogP contribution in [0.5, 0.6) is 5.75 Å². The molecule has 0 radical (unpaired) electrons. The molecule has 0 unspecified atom stereocenters. The number of benzene rings is 2. The van der Waals surface area contributed by atoms with Crippen molar-refractivity contribution in [2.24, 2.45) is 0 Å². The molecule has 0 bridgehead atoms. The molecule has 0 atom stereocenters. The molecule has 2 heterocycles. The second kappa shape index (κ2) is 8.99. The van der Waals surface area contributed by atoms with E-state index in [2.05, 4.69) is 10.2 Å². The molecule has 2 aromatic heterocycles. The molecule has 0 aliphatic carbocycles. The van der Waals surface area contributed by atoms with E-state index in [4.69, 9.17) is 20.8 Å². The summed E-state index contributed by atoms with van der Waals surface area (Å²) >= 11 is 7.86. The van der Waals surface area contributed by atoms with E-state index >= 15 is 0 Å². The highest BCUT2D eigenvalue weighted by molar-refractivity contribution is 7.98. The van der Waals surface area contributed by atoms with Crippen LogP contribution >= 0.6 is 23.4 Å². The molecule has 0 saturated carbocycles. The van der Waals surface area contributed by atoms with Crippen molar-refractivity contribution in [2.75, 3.05) is 0 Å². The Morgan fingerprint density at radius 3 is 2.57 bits per heavy atom. The van der Waals surface area contributed by atoms with Crippen molar-refractivity contribution in [1.29, 1.82) is 0 Å². The highest BCUT2D eigenvalue weighted by Gasteiger charge is 2.15. The van der Waals surface area contributed by atoms with Crippen LogP contribution < -0.4 is 4.74 Å². The van der Waals surface area contributed by atoms with Gasteiger partial charge in [-0.15, -0.1) is 10.2 Å². The number of para-hydroxylation sites is 1. The molecule has 0 N–H and O–H groups in total. The van der Waals surface area contributed by atoms with E-state index in [1.807, 2.05) is 71.3 Å². The lowest BCUT2D eigenvalue weighted by Gasteiger charge is -2.10. The molecule has 142 valence electrons. The number of rotatable bonds is 8. The molecule has 7 heteroatoms. The van der Waals surface area contributed by atoms with E-state index in [0.717, 1.165) is 33.1 Å². The summed E-state index contributed by atoms with van der Waals surface area (Å²) in [5.74, 6) is 3.07. The van der Waals surface area contributed by atoms with Crippen LogP contribution in [-0.4, -0.2) is 14.8 Å². The molecule has 5 nitrogen and oxygen atoms in total. The monoisotopic (exact) mass is 411 g/mol. The molecule has 0 amide bonds. The van der Waals surface area contributed by atoms with E-state index in [0.29, 0.717) is 18.9 Å². The molecular formula is C21H18ClN3O2S. The maximum atomic E-state index is 6.28. The summed E-state index contributed by atoms with van der Waals surface area (Å²) in [6.45, 7) is 0.864. The number of ether oxygens (including phenoxy) is 1. The van der Waals surface area contributed by atoms with Crippen LogP contribution in [0.4, 0.5) is 0 Å². The van der Waals surface area contributed by atoms with Gasteiger partial charge >= 0.3 is 0 Å². The van der Waals surface area contributed by atoms with E-state index in [-0.39, 0.29) is 0 Å². The SMILES string of the molecule is Clc1ccccc1CSc1nnc(COc2ccccc2)n1Cc1ccco1. The number of aromatic nitrogens is 3. The van der Waals surface area contributed by atoms with Crippen molar-refractivity contribution < 1.29 is 9.15 Å². The highest BCUT2D eigenvalue weighted by Crippen LogP contribution is 2.27. The standard InChI is InChI=1S/C21H18ClN3O2S/c22-19-11-5-4-7-16(19)15-28-21-24-23-20(14-27-17-8-2-1-3-9-17)25(21)13-18-10-6-12-26-18/h1-12H,13-15H2. The number of hydrogen-bond donors (Lipinski definition) is 0. The van der Waals surface area contributed by atoms with Gasteiger partial charge in [0, 0.05) is 10.8 Å². The van der Waals surface area contributed by atoms with E-state index in [1.54, 1.807) is 18.0 Å². The summed E-state index contributed by atoms with van der Waals surface area (Å²) in [5.41, 5.74) is 1.06. The fraction of sp³-hybridized carbons (Fsp3) is 0.143. The van der Waals surface area contributed by atoms with Gasteiger partial charge in [-0.3, -0.25) is 4.57 Å². The number of thioether (sulfide) groups is 1. The van der Waals surface area contributed by atoms with Gasteiger partial charge in [0.2, 0.25) is 0 Å². The Hall–Kier alpha value is -2.70. The van der Waals surface area contributed by atoms with Gasteiger partial charge in [0.15, 0.2) is 11.0 Å². The fourth-order valence-electron chi connectivity index (χ4n) is 2.67. The summed E-state index contributed by atoms with van der Waals surface area (Å²) in [5, 5.41) is 10.2. The Morgan fingerprint density at radius 1 is 0.964 bits per heavy atom. The van der Waals surface area contributed by atoms with Crippen LogP contribution in [0.2, 0.25) is 5.02 Å². The number of hydrogen-bond acceptors (Lipinski definition) is 5. The first-order valence-corrected chi connectivity index (χ1v) is 10.1. The van der Waals surface area contributed by atoms with Crippen molar-refractivity contribution in [3.63, 3.8) is 0 Å². The van der Waals surface area contributed by atoms with Crippen LogP contribution in [0.3, 0.4) is 0 Å². The Kier molecular flexibility index (Phi) is 5.99. The Morgan fingerprint density at radius 2 is 1.79 bits per heavy atom.